The molecule has 0 spiro atoms. The summed E-state index contributed by atoms with van der Waals surface area (Å²) in [6.07, 6.45) is 13.5. The molecular weight excluding hydrogens is 331 g/mol. The molecule has 132 valence electrons. The van der Waals surface area contributed by atoms with Crippen LogP contribution in [0.2, 0.25) is 0 Å². The molecule has 0 amide bonds. The molecule has 2 saturated carbocycles. The van der Waals surface area contributed by atoms with E-state index in [2.05, 4.69) is 38.5 Å². The Balaban J connectivity index is 0.000000843. The molecule has 2 fully saturated rings. The van der Waals surface area contributed by atoms with Crippen molar-refractivity contribution in [3.8, 4) is 0 Å². The van der Waals surface area contributed by atoms with E-state index in [1.54, 1.807) is 0 Å². The predicted octanol–water partition coefficient (Wildman–Crippen LogP) is 2.85. The fourth-order valence-corrected chi connectivity index (χ4v) is 2.32. The second-order valence-corrected chi connectivity index (χ2v) is 6.19. The summed E-state index contributed by atoms with van der Waals surface area (Å²) in [6.45, 7) is 14.1. The molecule has 0 saturated heterocycles. The minimum Gasteiger partial charge on any atom is -0.372 e. The van der Waals surface area contributed by atoms with E-state index in [-0.39, 0.29) is 56.9 Å². The third-order valence-electron chi connectivity index (χ3n) is 4.01. The van der Waals surface area contributed by atoms with Gasteiger partial charge in [0.25, 0.3) is 0 Å². The van der Waals surface area contributed by atoms with Gasteiger partial charge in [0.15, 0.2) is 0 Å². The van der Waals surface area contributed by atoms with Crippen LogP contribution < -0.4 is 57.1 Å². The molecule has 0 aromatic heterocycles. The number of benzene rings is 1. The van der Waals surface area contributed by atoms with Crippen molar-refractivity contribution in [3.63, 3.8) is 0 Å². The molecule has 2 aliphatic rings. The number of rotatable bonds is 5. The van der Waals surface area contributed by atoms with Gasteiger partial charge in [0, 0.05) is 5.54 Å². The average molecular weight is 364 g/mol. The third kappa shape index (κ3) is 8.02. The normalized spacial score (nSPS) is 15.7. The quantitative estimate of drug-likeness (QED) is 0.472. The SMILES string of the molecule is CC.[CH-]1CC1.[CH-]=C(C=N)c1cc(C)c(/C=C\CC)c(C2(N)CC2)c1.[K+]. The number of nitrogens with two attached hydrogens (primary N) is 1. The largest absolute Gasteiger partial charge is 1.00 e. The van der Waals surface area contributed by atoms with Crippen molar-refractivity contribution in [3.05, 3.63) is 53.5 Å². The van der Waals surface area contributed by atoms with E-state index in [1.165, 1.54) is 30.2 Å². The topological polar surface area (TPSA) is 49.9 Å². The zero-order valence-electron chi connectivity index (χ0n) is 16.7. The van der Waals surface area contributed by atoms with Crippen LogP contribution in [0.1, 0.15) is 75.1 Å². The van der Waals surface area contributed by atoms with Crippen LogP contribution in [0.25, 0.3) is 11.6 Å². The first-order valence-electron chi connectivity index (χ1n) is 9.07. The maximum absolute atomic E-state index is 7.29. The van der Waals surface area contributed by atoms with Crippen LogP contribution in [0.4, 0.5) is 0 Å². The molecule has 25 heavy (non-hydrogen) atoms. The van der Waals surface area contributed by atoms with E-state index in [0.717, 1.165) is 30.4 Å². The van der Waals surface area contributed by atoms with Crippen molar-refractivity contribution in [2.24, 2.45) is 5.73 Å². The second-order valence-electron chi connectivity index (χ2n) is 6.19. The Labute approximate surface area is 197 Å². The fraction of sp³-hybridized carbons (Fsp3) is 0.455. The van der Waals surface area contributed by atoms with Gasteiger partial charge in [0.2, 0.25) is 0 Å². The predicted molar refractivity (Wildman–Crippen MR) is 107 cm³/mol. The number of hydrogen-bond donors (Lipinski definition) is 2. The Morgan fingerprint density at radius 2 is 1.88 bits per heavy atom. The van der Waals surface area contributed by atoms with E-state index in [1.807, 2.05) is 19.9 Å². The van der Waals surface area contributed by atoms with Gasteiger partial charge in [-0.1, -0.05) is 44.7 Å². The van der Waals surface area contributed by atoms with Crippen LogP contribution in [0, 0.1) is 25.3 Å². The summed E-state index contributed by atoms with van der Waals surface area (Å²) >= 11 is 0. The van der Waals surface area contributed by atoms with Gasteiger partial charge in [-0.2, -0.15) is 5.57 Å². The molecule has 0 heterocycles. The van der Waals surface area contributed by atoms with Gasteiger partial charge in [0.05, 0.1) is 0 Å². The Bertz CT molecular complexity index is 594. The summed E-state index contributed by atoms with van der Waals surface area (Å²) in [5.41, 5.74) is 11.1. The summed E-state index contributed by atoms with van der Waals surface area (Å²) in [6, 6.07) is 4.08. The molecule has 0 radical (unpaired) electrons. The van der Waals surface area contributed by atoms with Crippen LogP contribution in [0.15, 0.2) is 18.2 Å². The van der Waals surface area contributed by atoms with E-state index < -0.39 is 0 Å². The van der Waals surface area contributed by atoms with E-state index >= 15 is 0 Å². The minimum absolute atomic E-state index is 0. The first kappa shape index (κ1) is 25.0. The number of nitrogens with one attached hydrogen (secondary N) is 1. The molecule has 0 atom stereocenters. The van der Waals surface area contributed by atoms with Crippen LogP contribution in [-0.2, 0) is 5.54 Å². The molecule has 0 aliphatic heterocycles. The molecule has 3 rings (SSSR count). The Hall–Kier alpha value is -0.0336. The summed E-state index contributed by atoms with van der Waals surface area (Å²) in [4.78, 5) is 0. The molecule has 0 unspecified atom stereocenters. The fourth-order valence-electron chi connectivity index (χ4n) is 2.32. The Morgan fingerprint density at radius 1 is 1.32 bits per heavy atom. The van der Waals surface area contributed by atoms with Crippen LogP contribution in [0.3, 0.4) is 0 Å². The first-order chi connectivity index (χ1) is 11.5. The number of aryl methyl sites for hydroxylation is 1. The third-order valence-corrected chi connectivity index (χ3v) is 4.01. The monoisotopic (exact) mass is 363 g/mol. The van der Waals surface area contributed by atoms with Gasteiger partial charge in [0.1, 0.15) is 0 Å². The summed E-state index contributed by atoms with van der Waals surface area (Å²) in [5, 5.41) is 7.29. The van der Waals surface area contributed by atoms with Gasteiger partial charge in [-0.25, -0.2) is 19.4 Å². The van der Waals surface area contributed by atoms with Crippen LogP contribution in [0.5, 0.6) is 0 Å². The zero-order valence-corrected chi connectivity index (χ0v) is 19.8. The molecule has 3 heteroatoms. The Kier molecular flexibility index (Phi) is 12.4. The van der Waals surface area contributed by atoms with Crippen molar-refractivity contribution < 1.29 is 51.4 Å². The molecular formula is C22H32KN2-. The average Bonchev–Trinajstić information content (AvgIpc) is 3.50. The van der Waals surface area contributed by atoms with Crippen LogP contribution >= 0.6 is 0 Å². The Morgan fingerprint density at radius 3 is 2.28 bits per heavy atom. The van der Waals surface area contributed by atoms with Gasteiger partial charge in [-0.3, -0.25) is 0 Å². The maximum Gasteiger partial charge on any atom is 1.00 e. The molecule has 1 aromatic rings. The van der Waals surface area contributed by atoms with E-state index in [0.29, 0.717) is 5.57 Å². The van der Waals surface area contributed by atoms with Crippen LogP contribution in [-0.4, -0.2) is 6.21 Å². The van der Waals surface area contributed by atoms with Gasteiger partial charge < -0.3 is 17.6 Å². The summed E-state index contributed by atoms with van der Waals surface area (Å²) in [7, 11) is 0. The minimum atomic E-state index is -0.198. The zero-order chi connectivity index (χ0) is 18.2. The maximum atomic E-state index is 7.29. The molecule has 1 aromatic carbocycles. The van der Waals surface area contributed by atoms with Gasteiger partial charge in [-0.05, 0) is 37.3 Å². The summed E-state index contributed by atoms with van der Waals surface area (Å²) in [5.74, 6) is 0. The van der Waals surface area contributed by atoms with E-state index in [9.17, 15) is 0 Å². The van der Waals surface area contributed by atoms with Crippen molar-refractivity contribution in [1.29, 1.82) is 5.41 Å². The van der Waals surface area contributed by atoms with Crippen molar-refractivity contribution >= 4 is 17.9 Å². The van der Waals surface area contributed by atoms with Gasteiger partial charge in [-0.15, -0.1) is 17.7 Å². The number of allylic oxidation sites excluding steroid dienone is 2. The number of hydrogen-bond acceptors (Lipinski definition) is 2. The van der Waals surface area contributed by atoms with Crippen molar-refractivity contribution in [2.75, 3.05) is 0 Å². The molecule has 2 aliphatic carbocycles. The molecule has 0 bridgehead atoms. The van der Waals surface area contributed by atoms with Crippen molar-refractivity contribution in [1.82, 2.24) is 0 Å². The van der Waals surface area contributed by atoms with Gasteiger partial charge >= 0.3 is 51.4 Å². The smallest absolute Gasteiger partial charge is 0.372 e. The molecule has 2 nitrogen and oxygen atoms in total. The summed E-state index contributed by atoms with van der Waals surface area (Å²) < 4.78 is 0. The van der Waals surface area contributed by atoms with Crippen molar-refractivity contribution in [2.45, 2.75) is 65.3 Å². The standard InChI is InChI=1S/C17H21N2.C3H5.C2H6.K/c1-4-5-6-15-12(2)9-14(13(3)11-18)10-16(15)17(19)7-8-17;1-2-3-1;1-2;/h3,5-6,9-11,18H,4,7-8,19H2,1-2H3;1H,2-3H2;1-2H3;/q2*-1;;+1/b6-5-,18-11?;;;. The molecule has 3 N–H and O–H groups in total. The second kappa shape index (κ2) is 12.4. The first-order valence-corrected chi connectivity index (χ1v) is 9.07. The van der Waals surface area contributed by atoms with E-state index in [4.69, 9.17) is 17.7 Å².